The van der Waals surface area contributed by atoms with Gasteiger partial charge in [0.2, 0.25) is 0 Å². The lowest BCUT2D eigenvalue weighted by Crippen LogP contribution is -2.44. The lowest BCUT2D eigenvalue weighted by atomic mass is 10.0. The number of aromatic nitrogens is 1. The Morgan fingerprint density at radius 3 is 2.63 bits per heavy atom. The number of esters is 2. The third kappa shape index (κ3) is 4.80. The highest BCUT2D eigenvalue weighted by Crippen LogP contribution is 2.19. The number of amides is 1. The Labute approximate surface area is 170 Å². The van der Waals surface area contributed by atoms with Gasteiger partial charge in [0.1, 0.15) is 17.7 Å². The van der Waals surface area contributed by atoms with Gasteiger partial charge in [-0.15, -0.1) is 0 Å². The van der Waals surface area contributed by atoms with E-state index in [4.69, 9.17) is 9.47 Å². The van der Waals surface area contributed by atoms with E-state index in [0.717, 1.165) is 28.6 Å². The summed E-state index contributed by atoms with van der Waals surface area (Å²) in [6.45, 7) is -0.753. The van der Waals surface area contributed by atoms with Gasteiger partial charge < -0.3 is 19.8 Å². The standard InChI is InChI=1S/C21H18F2N2O5/c1-29-21(28)18(8-12-10-24-17-5-3-2-4-14(12)17)25-19(26)11-30-20(27)15-7-6-13(22)9-16(15)23/h2-7,9-10,18,24H,8,11H2,1H3,(H,25,26)/t18-/m0/s1. The zero-order valence-electron chi connectivity index (χ0n) is 15.9. The normalized spacial score (nSPS) is 11.7. The fourth-order valence-corrected chi connectivity index (χ4v) is 2.96. The van der Waals surface area contributed by atoms with E-state index in [0.29, 0.717) is 6.07 Å². The van der Waals surface area contributed by atoms with Crippen LogP contribution in [0.25, 0.3) is 10.9 Å². The Morgan fingerprint density at radius 1 is 1.13 bits per heavy atom. The second-order valence-corrected chi connectivity index (χ2v) is 6.41. The number of carbonyl (C=O) groups is 3. The second-order valence-electron chi connectivity index (χ2n) is 6.41. The minimum atomic E-state index is -1.13. The molecule has 1 aromatic heterocycles. The number of benzene rings is 2. The molecular weight excluding hydrogens is 398 g/mol. The largest absolute Gasteiger partial charge is 0.467 e. The Bertz CT molecular complexity index is 1100. The highest BCUT2D eigenvalue weighted by atomic mass is 19.1. The van der Waals surface area contributed by atoms with Crippen molar-refractivity contribution in [1.29, 1.82) is 0 Å². The number of hydrogen-bond acceptors (Lipinski definition) is 5. The number of methoxy groups -OCH3 is 1. The Balaban J connectivity index is 1.64. The molecule has 0 bridgehead atoms. The zero-order chi connectivity index (χ0) is 21.7. The Morgan fingerprint density at radius 2 is 1.90 bits per heavy atom. The molecule has 0 aliphatic heterocycles. The Hall–Kier alpha value is -3.75. The van der Waals surface area contributed by atoms with Crippen LogP contribution >= 0.6 is 0 Å². The minimum Gasteiger partial charge on any atom is -0.467 e. The van der Waals surface area contributed by atoms with E-state index in [1.54, 1.807) is 6.20 Å². The second kappa shape index (κ2) is 9.17. The molecular formula is C21H18F2N2O5. The first-order valence-corrected chi connectivity index (χ1v) is 8.93. The summed E-state index contributed by atoms with van der Waals surface area (Å²) in [6.07, 6.45) is 1.87. The summed E-state index contributed by atoms with van der Waals surface area (Å²) in [6, 6.07) is 8.77. The highest BCUT2D eigenvalue weighted by molar-refractivity contribution is 5.92. The molecule has 1 heterocycles. The van der Waals surface area contributed by atoms with E-state index in [2.05, 4.69) is 10.3 Å². The monoisotopic (exact) mass is 416 g/mol. The molecule has 0 saturated carbocycles. The third-order valence-electron chi connectivity index (χ3n) is 4.41. The number of aromatic amines is 1. The molecule has 0 spiro atoms. The Kier molecular flexibility index (Phi) is 6.41. The number of fused-ring (bicyclic) bond motifs is 1. The van der Waals surface area contributed by atoms with Crippen LogP contribution in [-0.2, 0) is 25.5 Å². The number of ether oxygens (including phenoxy) is 2. The van der Waals surface area contributed by atoms with Gasteiger partial charge in [0.15, 0.2) is 6.61 Å². The first kappa shape index (κ1) is 21.0. The van der Waals surface area contributed by atoms with Crippen LogP contribution < -0.4 is 5.32 Å². The van der Waals surface area contributed by atoms with Gasteiger partial charge in [0.25, 0.3) is 5.91 Å². The molecule has 1 amide bonds. The van der Waals surface area contributed by atoms with Crippen molar-refractivity contribution in [1.82, 2.24) is 10.3 Å². The van der Waals surface area contributed by atoms with Crippen molar-refractivity contribution in [3.8, 4) is 0 Å². The van der Waals surface area contributed by atoms with E-state index in [9.17, 15) is 23.2 Å². The SMILES string of the molecule is COC(=O)[C@H](Cc1c[nH]c2ccccc12)NC(=O)COC(=O)c1ccc(F)cc1F. The van der Waals surface area contributed by atoms with Crippen molar-refractivity contribution < 1.29 is 32.6 Å². The smallest absolute Gasteiger partial charge is 0.341 e. The molecule has 2 N–H and O–H groups in total. The molecule has 156 valence electrons. The maximum atomic E-state index is 13.6. The molecule has 9 heteroatoms. The molecule has 0 unspecified atom stereocenters. The number of H-pyrrole nitrogens is 1. The van der Waals surface area contributed by atoms with Gasteiger partial charge in [-0.1, -0.05) is 18.2 Å². The summed E-state index contributed by atoms with van der Waals surface area (Å²) in [5, 5.41) is 3.33. The van der Waals surface area contributed by atoms with Crippen LogP contribution in [0, 0.1) is 11.6 Å². The fourth-order valence-electron chi connectivity index (χ4n) is 2.96. The van der Waals surface area contributed by atoms with Crippen LogP contribution in [0.2, 0.25) is 0 Å². The number of carbonyl (C=O) groups excluding carboxylic acids is 3. The van der Waals surface area contributed by atoms with Gasteiger partial charge in [0.05, 0.1) is 12.7 Å². The summed E-state index contributed by atoms with van der Waals surface area (Å²) in [5.41, 5.74) is 1.15. The van der Waals surface area contributed by atoms with Crippen LogP contribution in [0.15, 0.2) is 48.7 Å². The topological polar surface area (TPSA) is 97.5 Å². The van der Waals surface area contributed by atoms with Crippen LogP contribution in [0.5, 0.6) is 0 Å². The van der Waals surface area contributed by atoms with Crippen molar-refractivity contribution in [2.24, 2.45) is 0 Å². The summed E-state index contributed by atoms with van der Waals surface area (Å²) in [4.78, 5) is 39.3. The van der Waals surface area contributed by atoms with Crippen molar-refractivity contribution in [3.05, 3.63) is 71.4 Å². The van der Waals surface area contributed by atoms with Gasteiger partial charge in [-0.05, 0) is 23.8 Å². The summed E-state index contributed by atoms with van der Waals surface area (Å²) >= 11 is 0. The van der Waals surface area contributed by atoms with Crippen molar-refractivity contribution in [3.63, 3.8) is 0 Å². The van der Waals surface area contributed by atoms with Gasteiger partial charge in [-0.3, -0.25) is 4.79 Å². The summed E-state index contributed by atoms with van der Waals surface area (Å²) in [7, 11) is 1.19. The first-order chi connectivity index (χ1) is 14.4. The van der Waals surface area contributed by atoms with Crippen LogP contribution in [0.3, 0.4) is 0 Å². The van der Waals surface area contributed by atoms with Crippen molar-refractivity contribution >= 4 is 28.7 Å². The van der Waals surface area contributed by atoms with Gasteiger partial charge in [-0.25, -0.2) is 18.4 Å². The molecule has 0 radical (unpaired) electrons. The molecule has 0 saturated heterocycles. The summed E-state index contributed by atoms with van der Waals surface area (Å²) < 4.78 is 36.0. The van der Waals surface area contributed by atoms with Crippen LogP contribution in [0.4, 0.5) is 8.78 Å². The number of para-hydroxylation sites is 1. The lowest BCUT2D eigenvalue weighted by molar-refractivity contribution is -0.145. The van der Waals surface area contributed by atoms with E-state index < -0.39 is 47.7 Å². The van der Waals surface area contributed by atoms with Crippen molar-refractivity contribution in [2.75, 3.05) is 13.7 Å². The maximum Gasteiger partial charge on any atom is 0.341 e. The van der Waals surface area contributed by atoms with Crippen LogP contribution in [0.1, 0.15) is 15.9 Å². The number of nitrogens with one attached hydrogen (secondary N) is 2. The molecule has 7 nitrogen and oxygen atoms in total. The molecule has 0 aliphatic rings. The minimum absolute atomic E-state index is 0.142. The average molecular weight is 416 g/mol. The molecule has 2 aromatic carbocycles. The first-order valence-electron chi connectivity index (χ1n) is 8.93. The predicted molar refractivity (Wildman–Crippen MR) is 103 cm³/mol. The highest BCUT2D eigenvalue weighted by Gasteiger charge is 2.24. The van der Waals surface area contributed by atoms with E-state index >= 15 is 0 Å². The van der Waals surface area contributed by atoms with Crippen LogP contribution in [-0.4, -0.2) is 42.6 Å². The van der Waals surface area contributed by atoms with Gasteiger partial charge in [-0.2, -0.15) is 0 Å². The number of rotatable bonds is 7. The van der Waals surface area contributed by atoms with Gasteiger partial charge >= 0.3 is 11.9 Å². The van der Waals surface area contributed by atoms with E-state index in [-0.39, 0.29) is 6.42 Å². The average Bonchev–Trinajstić information content (AvgIpc) is 3.14. The summed E-state index contributed by atoms with van der Waals surface area (Å²) in [5.74, 6) is -4.54. The molecule has 3 aromatic rings. The predicted octanol–water partition coefficient (Wildman–Crippen LogP) is 2.50. The maximum absolute atomic E-state index is 13.6. The number of halogens is 2. The molecule has 3 rings (SSSR count). The fraction of sp³-hybridized carbons (Fsp3) is 0.190. The zero-order valence-corrected chi connectivity index (χ0v) is 15.9. The third-order valence-corrected chi connectivity index (χ3v) is 4.41. The number of hydrogen-bond donors (Lipinski definition) is 2. The lowest BCUT2D eigenvalue weighted by Gasteiger charge is -2.16. The van der Waals surface area contributed by atoms with Crippen molar-refractivity contribution in [2.45, 2.75) is 12.5 Å². The van der Waals surface area contributed by atoms with E-state index in [1.807, 2.05) is 24.3 Å². The van der Waals surface area contributed by atoms with Gasteiger partial charge in [0, 0.05) is 29.6 Å². The molecule has 0 fully saturated rings. The van der Waals surface area contributed by atoms with E-state index in [1.165, 1.54) is 7.11 Å². The molecule has 1 atom stereocenters. The molecule has 0 aliphatic carbocycles. The molecule has 30 heavy (non-hydrogen) atoms. The quantitative estimate of drug-likeness (QED) is 0.577.